The second kappa shape index (κ2) is 11.1. The van der Waals surface area contributed by atoms with E-state index in [1.165, 1.54) is 13.2 Å². The van der Waals surface area contributed by atoms with Gasteiger partial charge in [-0.05, 0) is 54.8 Å². The van der Waals surface area contributed by atoms with E-state index in [1.807, 2.05) is 0 Å². The summed E-state index contributed by atoms with van der Waals surface area (Å²) in [6.45, 7) is 0.235. The van der Waals surface area contributed by atoms with Crippen molar-refractivity contribution in [1.82, 2.24) is 5.32 Å². The Morgan fingerprint density at radius 2 is 1.86 bits per heavy atom. The van der Waals surface area contributed by atoms with Crippen molar-refractivity contribution < 1.29 is 27.8 Å². The molecule has 5 nitrogen and oxygen atoms in total. The molecule has 0 atom stereocenters. The molecule has 0 aromatic heterocycles. The molecule has 0 fully saturated rings. The molecule has 0 heterocycles. The maximum Gasteiger partial charge on any atom is 0.387 e. The molecule has 7 heteroatoms. The number of unbranched alkanes of at least 4 members (excludes halogenated alkanes) is 1. The van der Waals surface area contributed by atoms with Crippen LogP contribution < -0.4 is 19.5 Å². The average Bonchev–Trinajstić information content (AvgIpc) is 2.69. The first-order valence-corrected chi connectivity index (χ1v) is 9.16. The van der Waals surface area contributed by atoms with Crippen LogP contribution in [0.15, 0.2) is 42.5 Å². The molecule has 1 N–H and O–H groups in total. The normalized spacial score (nSPS) is 10.6. The Bertz CT molecular complexity index is 751. The molecular formula is C21H25F2NO4. The van der Waals surface area contributed by atoms with E-state index in [9.17, 15) is 13.6 Å². The van der Waals surface area contributed by atoms with Crippen LogP contribution in [0.3, 0.4) is 0 Å². The van der Waals surface area contributed by atoms with Gasteiger partial charge in [0.15, 0.2) is 11.5 Å². The van der Waals surface area contributed by atoms with Crippen LogP contribution in [0.5, 0.6) is 17.2 Å². The molecule has 0 saturated carbocycles. The summed E-state index contributed by atoms with van der Waals surface area (Å²) in [7, 11) is 1.38. The zero-order chi connectivity index (χ0) is 20.4. The summed E-state index contributed by atoms with van der Waals surface area (Å²) in [5.41, 5.74) is 1.37. The minimum Gasteiger partial charge on any atom is -0.494 e. The molecule has 0 bridgehead atoms. The van der Waals surface area contributed by atoms with Gasteiger partial charge in [-0.2, -0.15) is 8.78 Å². The molecule has 2 rings (SSSR count). The van der Waals surface area contributed by atoms with Gasteiger partial charge in [-0.15, -0.1) is 0 Å². The van der Waals surface area contributed by atoms with Gasteiger partial charge in [-0.3, -0.25) is 4.79 Å². The number of halogens is 2. The number of amides is 1. The lowest BCUT2D eigenvalue weighted by atomic mass is 10.1. The number of rotatable bonds is 11. The fourth-order valence-corrected chi connectivity index (χ4v) is 2.52. The number of hydrogen-bond acceptors (Lipinski definition) is 4. The summed E-state index contributed by atoms with van der Waals surface area (Å²) < 4.78 is 39.8. The van der Waals surface area contributed by atoms with E-state index in [4.69, 9.17) is 9.47 Å². The first kappa shape index (κ1) is 21.5. The minimum absolute atomic E-state index is 0.0217. The first-order valence-electron chi connectivity index (χ1n) is 9.16. The molecule has 0 saturated heterocycles. The summed E-state index contributed by atoms with van der Waals surface area (Å²) in [5.74, 6) is 0.752. The van der Waals surface area contributed by atoms with Crippen LogP contribution in [0.1, 0.15) is 35.7 Å². The molecule has 2 aromatic carbocycles. The molecule has 0 unspecified atom stereocenters. The summed E-state index contributed by atoms with van der Waals surface area (Å²) in [6, 6.07) is 11.7. The zero-order valence-corrected chi connectivity index (χ0v) is 16.0. The van der Waals surface area contributed by atoms with Crippen LogP contribution in [0, 0.1) is 0 Å². The van der Waals surface area contributed by atoms with Gasteiger partial charge in [0.1, 0.15) is 5.75 Å². The highest BCUT2D eigenvalue weighted by atomic mass is 19.3. The number of carbonyl (C=O) groups excluding carboxylic acids is 1. The Morgan fingerprint density at radius 1 is 1.11 bits per heavy atom. The second-order valence-corrected chi connectivity index (χ2v) is 6.10. The van der Waals surface area contributed by atoms with E-state index in [0.29, 0.717) is 25.1 Å². The van der Waals surface area contributed by atoms with Crippen LogP contribution in [0.25, 0.3) is 0 Å². The fraction of sp³-hybridized carbons (Fsp3) is 0.381. The van der Waals surface area contributed by atoms with Crippen molar-refractivity contribution in [2.24, 2.45) is 0 Å². The quantitative estimate of drug-likeness (QED) is 0.573. The summed E-state index contributed by atoms with van der Waals surface area (Å²) in [4.78, 5) is 12.2. The Morgan fingerprint density at radius 3 is 2.50 bits per heavy atom. The number of hydrogen-bond donors (Lipinski definition) is 1. The van der Waals surface area contributed by atoms with Crippen LogP contribution in [-0.4, -0.2) is 32.8 Å². The van der Waals surface area contributed by atoms with Crippen molar-refractivity contribution in [3.8, 4) is 17.2 Å². The average molecular weight is 393 g/mol. The lowest BCUT2D eigenvalue weighted by Crippen LogP contribution is -2.25. The second-order valence-electron chi connectivity index (χ2n) is 6.10. The molecule has 0 aliphatic rings. The molecular weight excluding hydrogens is 368 g/mol. The molecule has 28 heavy (non-hydrogen) atoms. The van der Waals surface area contributed by atoms with Gasteiger partial charge in [-0.25, -0.2) is 0 Å². The third-order valence-electron chi connectivity index (χ3n) is 4.03. The van der Waals surface area contributed by atoms with Crippen LogP contribution in [-0.2, 0) is 6.42 Å². The highest BCUT2D eigenvalue weighted by Crippen LogP contribution is 2.29. The van der Waals surface area contributed by atoms with E-state index in [1.54, 1.807) is 36.4 Å². The number of benzene rings is 2. The first-order chi connectivity index (χ1) is 13.5. The summed E-state index contributed by atoms with van der Waals surface area (Å²) >= 11 is 0. The highest BCUT2D eigenvalue weighted by molar-refractivity contribution is 5.94. The van der Waals surface area contributed by atoms with Crippen molar-refractivity contribution in [2.45, 2.75) is 32.8 Å². The molecule has 0 spiro atoms. The topological polar surface area (TPSA) is 56.8 Å². The van der Waals surface area contributed by atoms with Gasteiger partial charge in [0.2, 0.25) is 0 Å². The number of methoxy groups -OCH3 is 1. The molecule has 1 amide bonds. The van der Waals surface area contributed by atoms with E-state index < -0.39 is 6.61 Å². The van der Waals surface area contributed by atoms with Crippen molar-refractivity contribution in [3.05, 3.63) is 53.6 Å². The number of alkyl halides is 2. The number of nitrogens with one attached hydrogen (secondary N) is 1. The molecule has 152 valence electrons. The van der Waals surface area contributed by atoms with Gasteiger partial charge >= 0.3 is 6.61 Å². The lowest BCUT2D eigenvalue weighted by Gasteiger charge is -2.12. The van der Waals surface area contributed by atoms with E-state index in [0.717, 1.165) is 24.2 Å². The Labute approximate surface area is 163 Å². The molecule has 0 radical (unpaired) electrons. The smallest absolute Gasteiger partial charge is 0.387 e. The van der Waals surface area contributed by atoms with E-state index >= 15 is 0 Å². The largest absolute Gasteiger partial charge is 0.494 e. The SMILES string of the molecule is CCCCOc1ccc(C(=O)NCCc2ccc(OC(F)F)c(OC)c2)cc1. The predicted molar refractivity (Wildman–Crippen MR) is 103 cm³/mol. The predicted octanol–water partition coefficient (Wildman–Crippen LogP) is 4.45. The zero-order valence-electron chi connectivity index (χ0n) is 16.0. The van der Waals surface area contributed by atoms with Crippen LogP contribution >= 0.6 is 0 Å². The van der Waals surface area contributed by atoms with Gasteiger partial charge in [0, 0.05) is 12.1 Å². The van der Waals surface area contributed by atoms with Crippen LogP contribution in [0.2, 0.25) is 0 Å². The lowest BCUT2D eigenvalue weighted by molar-refractivity contribution is -0.0512. The van der Waals surface area contributed by atoms with E-state index in [-0.39, 0.29) is 17.4 Å². The minimum atomic E-state index is -2.91. The maximum absolute atomic E-state index is 12.4. The summed E-state index contributed by atoms with van der Waals surface area (Å²) in [6.07, 6.45) is 2.58. The van der Waals surface area contributed by atoms with Crippen molar-refractivity contribution in [3.63, 3.8) is 0 Å². The summed E-state index contributed by atoms with van der Waals surface area (Å²) in [5, 5.41) is 2.83. The molecule has 0 aliphatic carbocycles. The third-order valence-corrected chi connectivity index (χ3v) is 4.03. The Balaban J connectivity index is 1.84. The van der Waals surface area contributed by atoms with E-state index in [2.05, 4.69) is 17.0 Å². The monoisotopic (exact) mass is 393 g/mol. The Hall–Kier alpha value is -2.83. The van der Waals surface area contributed by atoms with Gasteiger partial charge in [-0.1, -0.05) is 19.4 Å². The van der Waals surface area contributed by atoms with Gasteiger partial charge in [0.05, 0.1) is 13.7 Å². The van der Waals surface area contributed by atoms with Crippen molar-refractivity contribution in [1.29, 1.82) is 0 Å². The maximum atomic E-state index is 12.4. The van der Waals surface area contributed by atoms with Gasteiger partial charge < -0.3 is 19.5 Å². The Kier molecular flexibility index (Phi) is 8.52. The van der Waals surface area contributed by atoms with Crippen LogP contribution in [0.4, 0.5) is 8.78 Å². The number of carbonyl (C=O) groups is 1. The molecule has 2 aromatic rings. The van der Waals surface area contributed by atoms with Gasteiger partial charge in [0.25, 0.3) is 5.91 Å². The highest BCUT2D eigenvalue weighted by Gasteiger charge is 2.11. The van der Waals surface area contributed by atoms with Crippen molar-refractivity contribution >= 4 is 5.91 Å². The fourth-order valence-electron chi connectivity index (χ4n) is 2.52. The standard InChI is InChI=1S/C21H25F2NO4/c1-3-4-13-27-17-8-6-16(7-9-17)20(25)24-12-11-15-5-10-18(28-21(22)23)19(14-15)26-2/h5-10,14,21H,3-4,11-13H2,1-2H3,(H,24,25). The third kappa shape index (κ3) is 6.72. The number of ether oxygens (including phenoxy) is 3. The van der Waals surface area contributed by atoms with Crippen molar-refractivity contribution in [2.75, 3.05) is 20.3 Å². The molecule has 0 aliphatic heterocycles.